The van der Waals surface area contributed by atoms with Crippen LogP contribution in [-0.2, 0) is 6.18 Å². The number of halogens is 3. The third-order valence-electron chi connectivity index (χ3n) is 3.40. The Morgan fingerprint density at radius 1 is 1.29 bits per heavy atom. The molecule has 8 heteroatoms. The Balaban J connectivity index is 2.41. The number of hydrogen-bond acceptors (Lipinski definition) is 4. The molecule has 1 fully saturated rings. The van der Waals surface area contributed by atoms with E-state index < -0.39 is 22.4 Å². The van der Waals surface area contributed by atoms with E-state index in [0.29, 0.717) is 19.2 Å². The van der Waals surface area contributed by atoms with Gasteiger partial charge >= 0.3 is 6.18 Å². The molecule has 2 atom stereocenters. The molecule has 0 spiro atoms. The van der Waals surface area contributed by atoms with Gasteiger partial charge in [-0.1, -0.05) is 0 Å². The van der Waals surface area contributed by atoms with Gasteiger partial charge in [0.2, 0.25) is 0 Å². The highest BCUT2D eigenvalue weighted by molar-refractivity contribution is 5.65. The Kier molecular flexibility index (Phi) is 4.08. The van der Waals surface area contributed by atoms with Crippen LogP contribution >= 0.6 is 0 Å². The SMILES string of the molecule is CC1CN(c2ccc(C(F)(F)F)cc2[N+](=O)[O-])CC(C)N1. The van der Waals surface area contributed by atoms with Gasteiger partial charge in [-0.15, -0.1) is 0 Å². The van der Waals surface area contributed by atoms with Crippen molar-refractivity contribution in [1.82, 2.24) is 5.32 Å². The monoisotopic (exact) mass is 303 g/mol. The fourth-order valence-corrected chi connectivity index (χ4v) is 2.64. The first-order valence-corrected chi connectivity index (χ1v) is 6.55. The summed E-state index contributed by atoms with van der Waals surface area (Å²) >= 11 is 0. The minimum Gasteiger partial charge on any atom is -0.363 e. The molecule has 1 N–H and O–H groups in total. The van der Waals surface area contributed by atoms with Crippen molar-refractivity contribution in [3.63, 3.8) is 0 Å². The van der Waals surface area contributed by atoms with Crippen LogP contribution in [0.25, 0.3) is 0 Å². The van der Waals surface area contributed by atoms with Gasteiger partial charge in [0.05, 0.1) is 10.5 Å². The maximum Gasteiger partial charge on any atom is 0.416 e. The third-order valence-corrected chi connectivity index (χ3v) is 3.40. The van der Waals surface area contributed by atoms with Crippen molar-refractivity contribution in [2.75, 3.05) is 18.0 Å². The van der Waals surface area contributed by atoms with Gasteiger partial charge in [-0.25, -0.2) is 0 Å². The second-order valence-electron chi connectivity index (χ2n) is 5.33. The highest BCUT2D eigenvalue weighted by Crippen LogP contribution is 2.36. The number of piperazine rings is 1. The summed E-state index contributed by atoms with van der Waals surface area (Å²) in [4.78, 5) is 12.1. The second-order valence-corrected chi connectivity index (χ2v) is 5.33. The molecule has 5 nitrogen and oxygen atoms in total. The molecule has 2 rings (SSSR count). The van der Waals surface area contributed by atoms with Crippen molar-refractivity contribution in [3.05, 3.63) is 33.9 Å². The molecule has 1 heterocycles. The topological polar surface area (TPSA) is 58.4 Å². The summed E-state index contributed by atoms with van der Waals surface area (Å²) in [5, 5.41) is 14.4. The predicted molar refractivity (Wildman–Crippen MR) is 72.4 cm³/mol. The average Bonchev–Trinajstić information content (AvgIpc) is 2.35. The van der Waals surface area contributed by atoms with E-state index in [9.17, 15) is 23.3 Å². The van der Waals surface area contributed by atoms with Crippen LogP contribution < -0.4 is 10.2 Å². The number of nitrogens with zero attached hydrogens (tertiary/aromatic N) is 2. The Hall–Kier alpha value is -1.83. The first-order valence-electron chi connectivity index (χ1n) is 6.55. The van der Waals surface area contributed by atoms with Crippen LogP contribution in [-0.4, -0.2) is 30.1 Å². The third kappa shape index (κ3) is 3.44. The van der Waals surface area contributed by atoms with Gasteiger partial charge in [-0.2, -0.15) is 13.2 Å². The molecule has 1 aromatic rings. The second kappa shape index (κ2) is 5.51. The summed E-state index contributed by atoms with van der Waals surface area (Å²) < 4.78 is 38.0. The first-order chi connectivity index (χ1) is 9.68. The summed E-state index contributed by atoms with van der Waals surface area (Å²) in [7, 11) is 0. The normalized spacial score (nSPS) is 23.2. The lowest BCUT2D eigenvalue weighted by atomic mass is 10.1. The number of nitro benzene ring substituents is 1. The van der Waals surface area contributed by atoms with Crippen molar-refractivity contribution >= 4 is 11.4 Å². The molecule has 1 saturated heterocycles. The molecule has 1 aliphatic heterocycles. The summed E-state index contributed by atoms with van der Waals surface area (Å²) in [6.07, 6.45) is -4.59. The van der Waals surface area contributed by atoms with Crippen molar-refractivity contribution in [2.24, 2.45) is 0 Å². The molecule has 116 valence electrons. The minimum absolute atomic E-state index is 0.107. The van der Waals surface area contributed by atoms with Gasteiger partial charge in [0, 0.05) is 31.2 Å². The van der Waals surface area contributed by atoms with Gasteiger partial charge in [0.1, 0.15) is 5.69 Å². The number of alkyl halides is 3. The standard InChI is InChI=1S/C13H16F3N3O2/c1-8-6-18(7-9(2)17-8)11-4-3-10(13(14,15)16)5-12(11)19(20)21/h3-5,8-9,17H,6-7H2,1-2H3. The minimum atomic E-state index is -4.59. The van der Waals surface area contributed by atoms with Gasteiger partial charge < -0.3 is 10.2 Å². The van der Waals surface area contributed by atoms with E-state index in [1.165, 1.54) is 6.07 Å². The lowest BCUT2D eigenvalue weighted by Crippen LogP contribution is -2.54. The lowest BCUT2D eigenvalue weighted by molar-refractivity contribution is -0.384. The summed E-state index contributed by atoms with van der Waals surface area (Å²) in [6.45, 7) is 4.88. The molecule has 21 heavy (non-hydrogen) atoms. The van der Waals surface area contributed by atoms with Gasteiger partial charge in [-0.05, 0) is 26.0 Å². The maximum atomic E-state index is 12.7. The average molecular weight is 303 g/mol. The van der Waals surface area contributed by atoms with Crippen LogP contribution in [0.4, 0.5) is 24.5 Å². The Bertz CT molecular complexity index is 538. The zero-order chi connectivity index (χ0) is 15.8. The molecule has 0 saturated carbocycles. The first kappa shape index (κ1) is 15.6. The Morgan fingerprint density at radius 3 is 2.33 bits per heavy atom. The van der Waals surface area contributed by atoms with Crippen LogP contribution in [0.5, 0.6) is 0 Å². The fourth-order valence-electron chi connectivity index (χ4n) is 2.64. The van der Waals surface area contributed by atoms with E-state index in [4.69, 9.17) is 0 Å². The lowest BCUT2D eigenvalue weighted by Gasteiger charge is -2.37. The van der Waals surface area contributed by atoms with Gasteiger partial charge in [0.25, 0.3) is 5.69 Å². The molecule has 1 aromatic carbocycles. The molecule has 1 aliphatic rings. The molecule has 0 radical (unpaired) electrons. The van der Waals surface area contributed by atoms with E-state index in [-0.39, 0.29) is 17.8 Å². The molecular weight excluding hydrogens is 287 g/mol. The van der Waals surface area contributed by atoms with E-state index in [2.05, 4.69) is 5.32 Å². The predicted octanol–water partition coefficient (Wildman–Crippen LogP) is 2.80. The number of nitro groups is 1. The molecular formula is C13H16F3N3O2. The number of anilines is 1. The van der Waals surface area contributed by atoms with Crippen LogP contribution in [0.3, 0.4) is 0 Å². The number of rotatable bonds is 2. The maximum absolute atomic E-state index is 12.7. The van der Waals surface area contributed by atoms with E-state index >= 15 is 0 Å². The zero-order valence-electron chi connectivity index (χ0n) is 11.6. The molecule has 2 unspecified atom stereocenters. The Morgan fingerprint density at radius 2 is 1.86 bits per heavy atom. The molecule has 0 aromatic heterocycles. The van der Waals surface area contributed by atoms with Crippen LogP contribution in [0.15, 0.2) is 18.2 Å². The quantitative estimate of drug-likeness (QED) is 0.674. The van der Waals surface area contributed by atoms with Gasteiger partial charge in [0.15, 0.2) is 0 Å². The highest BCUT2D eigenvalue weighted by atomic mass is 19.4. The van der Waals surface area contributed by atoms with Crippen molar-refractivity contribution in [2.45, 2.75) is 32.1 Å². The van der Waals surface area contributed by atoms with Crippen molar-refractivity contribution in [1.29, 1.82) is 0 Å². The van der Waals surface area contributed by atoms with E-state index in [1.54, 1.807) is 4.90 Å². The van der Waals surface area contributed by atoms with Crippen molar-refractivity contribution in [3.8, 4) is 0 Å². The van der Waals surface area contributed by atoms with Gasteiger partial charge in [-0.3, -0.25) is 10.1 Å². The summed E-state index contributed by atoms with van der Waals surface area (Å²) in [5.41, 5.74) is -1.28. The number of benzene rings is 1. The largest absolute Gasteiger partial charge is 0.416 e. The number of nitrogens with one attached hydrogen (secondary N) is 1. The smallest absolute Gasteiger partial charge is 0.363 e. The van der Waals surface area contributed by atoms with Crippen LogP contribution in [0, 0.1) is 10.1 Å². The van der Waals surface area contributed by atoms with Crippen molar-refractivity contribution < 1.29 is 18.1 Å². The fraction of sp³-hybridized carbons (Fsp3) is 0.538. The summed E-state index contributed by atoms with van der Waals surface area (Å²) in [6, 6.07) is 2.89. The van der Waals surface area contributed by atoms with E-state index in [1.807, 2.05) is 13.8 Å². The summed E-state index contributed by atoms with van der Waals surface area (Å²) in [5.74, 6) is 0. The highest BCUT2D eigenvalue weighted by Gasteiger charge is 2.34. The zero-order valence-corrected chi connectivity index (χ0v) is 11.6. The molecule has 0 aliphatic carbocycles. The molecule has 0 bridgehead atoms. The molecule has 0 amide bonds. The number of hydrogen-bond donors (Lipinski definition) is 1. The van der Waals surface area contributed by atoms with Crippen LogP contribution in [0.1, 0.15) is 19.4 Å². The van der Waals surface area contributed by atoms with E-state index in [0.717, 1.165) is 6.07 Å². The van der Waals surface area contributed by atoms with Crippen LogP contribution in [0.2, 0.25) is 0 Å². The Labute approximate surface area is 119 Å².